The third-order valence-electron chi connectivity index (χ3n) is 20.7. The van der Waals surface area contributed by atoms with Crippen LogP contribution in [0.4, 0.5) is 42.8 Å². The summed E-state index contributed by atoms with van der Waals surface area (Å²) < 4.78 is 15.8. The van der Waals surface area contributed by atoms with Gasteiger partial charge in [-0.3, -0.25) is 114 Å². The van der Waals surface area contributed by atoms with Crippen molar-refractivity contribution in [3.63, 3.8) is 0 Å². The molecule has 0 aliphatic carbocycles. The third-order valence-corrected chi connectivity index (χ3v) is 20.7. The molecule has 0 aromatic heterocycles. The molecule has 15 rings (SSSR count). The Morgan fingerprint density at radius 1 is 0.345 bits per heavy atom. The number of carbonyl (C=O) groups excluding carboxylic acids is 18. The highest BCUT2D eigenvalue weighted by molar-refractivity contribution is 6.11. The Balaban J connectivity index is 0.000000157. The molecule has 10 aliphatic rings. The van der Waals surface area contributed by atoms with Gasteiger partial charge < -0.3 is 50.2 Å². The Hall–Kier alpha value is -13.2. The molecule has 0 radical (unpaired) electrons. The molecule has 18 amide bonds. The molecule has 5 aromatic carbocycles. The number of hydrogen-bond donors (Lipinski definition) is 8. The number of nitrogens with zero attached hydrogens (tertiary/aromatic N) is 7. The van der Waals surface area contributed by atoms with E-state index in [9.17, 15) is 86.3 Å². The number of fused-ring (bicyclic) bond motifs is 5. The number of anilines is 5. The highest BCUT2D eigenvalue weighted by Crippen LogP contribution is 2.39. The van der Waals surface area contributed by atoms with E-state index < -0.39 is 83.0 Å². The van der Waals surface area contributed by atoms with Crippen molar-refractivity contribution in [1.29, 1.82) is 0 Å². The molecular weight excluding hydrogens is 1570 g/mol. The van der Waals surface area contributed by atoms with Crippen LogP contribution in [0.2, 0.25) is 0 Å². The molecule has 37 heteroatoms. The number of nitrogens with two attached hydrogens (primary N) is 2. The molecular formula is C82H94ClN15O21. The van der Waals surface area contributed by atoms with Crippen LogP contribution in [0.3, 0.4) is 0 Å². The summed E-state index contributed by atoms with van der Waals surface area (Å²) in [5.41, 5.74) is 18.2. The average Bonchev–Trinajstić information content (AvgIpc) is 1.64. The fraction of sp³-hybridized carbons (Fsp3) is 0.415. The van der Waals surface area contributed by atoms with Gasteiger partial charge in [0.05, 0.1) is 0 Å². The second kappa shape index (κ2) is 35.4. The van der Waals surface area contributed by atoms with Crippen molar-refractivity contribution in [2.45, 2.75) is 206 Å². The van der Waals surface area contributed by atoms with Crippen LogP contribution in [0.5, 0.6) is 0 Å². The smallest absolute Gasteiger partial charge is 0.412 e. The zero-order chi connectivity index (χ0) is 86.1. The van der Waals surface area contributed by atoms with Crippen LogP contribution < -0.4 is 43.4 Å². The molecule has 10 N–H and O–H groups in total. The van der Waals surface area contributed by atoms with E-state index >= 15 is 0 Å². The van der Waals surface area contributed by atoms with Gasteiger partial charge in [0.1, 0.15) is 47.0 Å². The molecule has 630 valence electrons. The minimum Gasteiger partial charge on any atom is -0.444 e. The summed E-state index contributed by atoms with van der Waals surface area (Å²) in [6.45, 7) is 17.1. The van der Waals surface area contributed by atoms with E-state index in [2.05, 4.69) is 31.9 Å². The molecule has 5 aromatic rings. The summed E-state index contributed by atoms with van der Waals surface area (Å²) in [6, 6.07) is 22.2. The Kier molecular flexibility index (Phi) is 26.2. The number of nitrogens with one attached hydrogen (secondary N) is 6. The van der Waals surface area contributed by atoms with Crippen molar-refractivity contribution < 1.29 is 101 Å². The van der Waals surface area contributed by atoms with Crippen molar-refractivity contribution in [1.82, 2.24) is 50.2 Å². The van der Waals surface area contributed by atoms with Gasteiger partial charge in [-0.15, -0.1) is 12.4 Å². The maximum absolute atomic E-state index is 12.8. The maximum atomic E-state index is 12.8. The van der Waals surface area contributed by atoms with E-state index in [4.69, 9.17) is 25.7 Å². The number of nitrogen functional groups attached to an aromatic ring is 2. The summed E-state index contributed by atoms with van der Waals surface area (Å²) in [5.74, 6) is -4.68. The molecule has 0 saturated carbocycles. The molecule has 10 aliphatic heterocycles. The summed E-state index contributed by atoms with van der Waals surface area (Å²) in [6.07, 6.45) is 0.932. The number of hydrogen-bond acceptors (Lipinski definition) is 23. The van der Waals surface area contributed by atoms with Gasteiger partial charge in [-0.2, -0.15) is 0 Å². The standard InChI is InChI=1S/C19H23N3O5.2C18H21N3O5.C14H15N3O3.C13H13N3O3.ClH/c1-19(2,3)27-18(26)20-13-7-5-6-11-12(13)10-22(16(11)24)14-8-9-15(23)21(4)17(14)25;2*1-18(2,3)26-17(25)19-12-6-4-5-10-11(12)9-21(16(10)24)13-7-8-14(22)20-15(13)23;1-16-12(18)6-5-11(14(16)20)17-7-9-8(13(17)19)3-2-4-10(9)15;14-9-3-1-2-7-8(9)6-16(13(7)19)10-4-5-11(17)15-12(10)18;/h5-7,14H,8-10H2,1-4H3,(H,20,26);2*4-6,13H,7-9H2,1-3H3,(H,19,25)(H,20,22,23);2-4,11H,5-7,15H2,1H3;1-3,10H,4-6,14H2,(H,15,17,18);1H. The van der Waals surface area contributed by atoms with E-state index in [0.29, 0.717) is 118 Å². The van der Waals surface area contributed by atoms with E-state index in [0.717, 1.165) is 20.9 Å². The quantitative estimate of drug-likeness (QED) is 0.0463. The van der Waals surface area contributed by atoms with Crippen molar-refractivity contribution in [2.75, 3.05) is 41.5 Å². The van der Waals surface area contributed by atoms with Crippen LogP contribution >= 0.6 is 12.4 Å². The summed E-state index contributed by atoms with van der Waals surface area (Å²) >= 11 is 0. The van der Waals surface area contributed by atoms with Crippen LogP contribution in [0.15, 0.2) is 91.0 Å². The van der Waals surface area contributed by atoms with Crippen LogP contribution in [0.25, 0.3) is 0 Å². The number of benzene rings is 5. The number of amides is 18. The second-order valence-electron chi connectivity index (χ2n) is 32.4. The van der Waals surface area contributed by atoms with Gasteiger partial charge in [0.15, 0.2) is 0 Å². The van der Waals surface area contributed by atoms with E-state index in [-0.39, 0.29) is 135 Å². The van der Waals surface area contributed by atoms with Crippen molar-refractivity contribution in [2.24, 2.45) is 0 Å². The Bertz CT molecular complexity index is 4950. The van der Waals surface area contributed by atoms with Gasteiger partial charge in [0.2, 0.25) is 47.3 Å². The number of ether oxygens (including phenoxy) is 3. The molecule has 0 bridgehead atoms. The van der Waals surface area contributed by atoms with Crippen LogP contribution in [-0.2, 0) is 94.9 Å². The number of imide groups is 5. The zero-order valence-electron chi connectivity index (χ0n) is 67.4. The van der Waals surface area contributed by atoms with Gasteiger partial charge in [0, 0.05) is 163 Å². The van der Waals surface area contributed by atoms with Gasteiger partial charge in [-0.05, 0) is 155 Å². The molecule has 119 heavy (non-hydrogen) atoms. The average molecular weight is 1660 g/mol. The number of rotatable bonds is 8. The van der Waals surface area contributed by atoms with E-state index in [1.165, 1.54) is 38.6 Å². The molecule has 5 fully saturated rings. The first-order chi connectivity index (χ1) is 55.5. The number of likely N-dealkylation sites (tertiary alicyclic amines) is 2. The van der Waals surface area contributed by atoms with Gasteiger partial charge >= 0.3 is 18.3 Å². The molecule has 36 nitrogen and oxygen atoms in total. The molecule has 5 atom stereocenters. The first-order valence-corrected chi connectivity index (χ1v) is 38.2. The first kappa shape index (κ1) is 88.2. The van der Waals surface area contributed by atoms with Gasteiger partial charge in [-0.1, -0.05) is 30.3 Å². The third kappa shape index (κ3) is 19.8. The zero-order valence-corrected chi connectivity index (χ0v) is 68.2. The predicted octanol–water partition coefficient (Wildman–Crippen LogP) is 6.55. The van der Waals surface area contributed by atoms with E-state index in [1.807, 2.05) is 0 Å². The van der Waals surface area contributed by atoms with Crippen LogP contribution in [0, 0.1) is 0 Å². The lowest BCUT2D eigenvalue weighted by atomic mass is 10.0. The number of piperidine rings is 5. The largest absolute Gasteiger partial charge is 0.444 e. The highest BCUT2D eigenvalue weighted by Gasteiger charge is 2.47. The normalized spacial score (nSPS) is 20.6. The summed E-state index contributed by atoms with van der Waals surface area (Å²) in [5, 5.41) is 14.8. The van der Waals surface area contributed by atoms with Crippen molar-refractivity contribution in [3.05, 3.63) is 147 Å². The number of carbonyl (C=O) groups is 18. The Morgan fingerprint density at radius 3 is 0.815 bits per heavy atom. The monoisotopic (exact) mass is 1660 g/mol. The Labute approximate surface area is 689 Å². The highest BCUT2D eigenvalue weighted by atomic mass is 35.5. The van der Waals surface area contributed by atoms with Gasteiger partial charge in [-0.25, -0.2) is 14.4 Å². The summed E-state index contributed by atoms with van der Waals surface area (Å²) in [4.78, 5) is 226. The molecule has 5 unspecified atom stereocenters. The second-order valence-corrected chi connectivity index (χ2v) is 32.4. The predicted molar refractivity (Wildman–Crippen MR) is 427 cm³/mol. The fourth-order valence-corrected chi connectivity index (χ4v) is 15.0. The van der Waals surface area contributed by atoms with Crippen molar-refractivity contribution >= 4 is 148 Å². The molecule has 0 spiro atoms. The SMILES string of the molecule is CC(C)(C)OC(=O)Nc1cccc2c1CN(C1CCC(=O)NC1=O)C2=O.CC(C)(C)OC(=O)Nc1cccc2c1CN(C1CCC(=O)NC1=O)C2=O.CN1C(=O)CCC(N2Cc3c(N)cccc3C2=O)C1=O.CN1C(=O)CCC(N2Cc3c(NC(=O)OC(C)(C)C)cccc3C2=O)C1=O.Cl.Nc1cccc2c1CN(C1CCC(=O)NC1=O)C2=O. The molecule has 10 heterocycles. The first-order valence-electron chi connectivity index (χ1n) is 38.2. The van der Waals surface area contributed by atoms with Crippen LogP contribution in [0.1, 0.15) is 206 Å². The number of halogens is 1. The van der Waals surface area contributed by atoms with Gasteiger partial charge in [0.25, 0.3) is 41.4 Å². The lowest BCUT2D eigenvalue weighted by Crippen LogP contribution is -2.53. The molecule has 5 saturated heterocycles. The maximum Gasteiger partial charge on any atom is 0.412 e. The lowest BCUT2D eigenvalue weighted by Gasteiger charge is -2.33. The minimum atomic E-state index is -0.693. The minimum absolute atomic E-state index is 0. The summed E-state index contributed by atoms with van der Waals surface area (Å²) in [7, 11) is 2.89. The topological polar surface area (TPSA) is 482 Å². The fourth-order valence-electron chi connectivity index (χ4n) is 15.0. The van der Waals surface area contributed by atoms with E-state index in [1.54, 1.807) is 153 Å². The van der Waals surface area contributed by atoms with Crippen LogP contribution in [-0.4, -0.2) is 202 Å². The number of likely N-dealkylation sites (N-methyl/N-ethyl adjacent to an activating group) is 2. The Morgan fingerprint density at radius 2 is 0.571 bits per heavy atom. The van der Waals surface area contributed by atoms with Crippen molar-refractivity contribution in [3.8, 4) is 0 Å². The lowest BCUT2D eigenvalue weighted by molar-refractivity contribution is -0.151.